The summed E-state index contributed by atoms with van der Waals surface area (Å²) >= 11 is 0. The molecule has 2 amide bonds. The van der Waals surface area contributed by atoms with Crippen molar-refractivity contribution < 1.29 is 38.2 Å². The first-order valence-electron chi connectivity index (χ1n) is 32.8. The van der Waals surface area contributed by atoms with Crippen LogP contribution in [0, 0.1) is 25.7 Å². The number of aryl methyl sites for hydroxylation is 2. The highest BCUT2D eigenvalue weighted by atomic mass is 16.5. The highest BCUT2D eigenvalue weighted by Gasteiger charge is 2.23. The van der Waals surface area contributed by atoms with Gasteiger partial charge in [0, 0.05) is 25.2 Å². The highest BCUT2D eigenvalue weighted by molar-refractivity contribution is 6.67. The molecular weight excluding hydrogens is 1080 g/mol. The molecule has 470 valence electrons. The topological polar surface area (TPSA) is 194 Å². The highest BCUT2D eigenvalue weighted by Crippen LogP contribution is 2.34. The minimum absolute atomic E-state index is 0.275. The lowest BCUT2D eigenvalue weighted by atomic mass is 9.78. The van der Waals surface area contributed by atoms with Gasteiger partial charge in [-0.05, 0) is 87.1 Å². The van der Waals surface area contributed by atoms with Crippen molar-refractivity contribution in [2.45, 2.75) is 234 Å². The van der Waals surface area contributed by atoms with Crippen LogP contribution in [0.5, 0.6) is 0 Å². The third kappa shape index (κ3) is 29.4. The quantitative estimate of drug-likeness (QED) is 0.0109. The van der Waals surface area contributed by atoms with Crippen LogP contribution in [0.1, 0.15) is 252 Å². The predicted octanol–water partition coefficient (Wildman–Crippen LogP) is 18.3. The Morgan fingerprint density at radius 2 is 0.674 bits per heavy atom. The summed E-state index contributed by atoms with van der Waals surface area (Å²) in [6.45, 7) is 11.6. The van der Waals surface area contributed by atoms with Crippen LogP contribution in [0.2, 0.25) is 0 Å². The number of esters is 2. The average Bonchev–Trinajstić information content (AvgIpc) is 3.56. The number of benzene rings is 4. The Labute approximate surface area is 515 Å². The first-order chi connectivity index (χ1) is 41.8. The number of anilines is 4. The lowest BCUT2D eigenvalue weighted by molar-refractivity contribution is -0.116. The van der Waals surface area contributed by atoms with Gasteiger partial charge in [-0.1, -0.05) is 253 Å². The Hall–Kier alpha value is -6.96. The molecule has 0 aliphatic rings. The van der Waals surface area contributed by atoms with Crippen molar-refractivity contribution in [3.63, 3.8) is 0 Å². The molecule has 0 bridgehead atoms. The van der Waals surface area contributed by atoms with E-state index >= 15 is 0 Å². The van der Waals surface area contributed by atoms with Crippen LogP contribution in [0.4, 0.5) is 22.7 Å². The molecule has 2 unspecified atom stereocenters. The van der Waals surface area contributed by atoms with Crippen LogP contribution in [0.3, 0.4) is 0 Å². The number of nitrogens with zero attached hydrogens (tertiary/aromatic N) is 2. The maximum Gasteiger partial charge on any atom is 0.340 e. The van der Waals surface area contributed by atoms with Gasteiger partial charge in [-0.3, -0.25) is 30.0 Å². The fourth-order valence-electron chi connectivity index (χ4n) is 10.9. The summed E-state index contributed by atoms with van der Waals surface area (Å²) in [5.41, 5.74) is 9.30. The Morgan fingerprint density at radius 3 is 0.988 bits per heavy atom. The third-order valence-electron chi connectivity index (χ3n) is 16.0. The third-order valence-corrected chi connectivity index (χ3v) is 16.0. The molecule has 4 aromatic carbocycles. The standard InChI is InChI=1S/C72H104N6O8/c1-7-9-11-13-15-21-27-37-59(39-29-23-17-19-25-35-53-85-71(83)63-41-31-33-43-65(63)75-77-67(57(5)79)69(81)73-61-49-45-55(3)46-50-61)60(38-28-22-16-14-12-10-8-2)40-30-24-18-20-26-36-54-86-72(84)64-42-32-34-44-66(64)76-78-68(58(6)80)70(82)74-62-51-47-56(4)48-52-62/h31-34,41-52,59-60,75-76H,7-30,35-40,53-54H2,1-6H3,(H,73,81)(H,74,82)/b77-67-,78-68-. The van der Waals surface area contributed by atoms with Crippen molar-refractivity contribution in [3.05, 3.63) is 119 Å². The second-order valence-electron chi connectivity index (χ2n) is 23.4. The molecule has 0 heterocycles. The van der Waals surface area contributed by atoms with Gasteiger partial charge in [0.05, 0.1) is 35.7 Å². The second kappa shape index (κ2) is 43.6. The molecule has 14 nitrogen and oxygen atoms in total. The van der Waals surface area contributed by atoms with Crippen molar-refractivity contribution >= 4 is 69.5 Å². The number of rotatable bonds is 47. The van der Waals surface area contributed by atoms with Crippen LogP contribution in [0.15, 0.2) is 107 Å². The first kappa shape index (κ1) is 71.5. The molecule has 0 saturated heterocycles. The largest absolute Gasteiger partial charge is 0.462 e. The minimum Gasteiger partial charge on any atom is -0.462 e. The lowest BCUT2D eigenvalue weighted by Crippen LogP contribution is -2.29. The van der Waals surface area contributed by atoms with Gasteiger partial charge in [-0.2, -0.15) is 10.2 Å². The molecule has 4 N–H and O–H groups in total. The van der Waals surface area contributed by atoms with E-state index in [1.54, 1.807) is 72.8 Å². The van der Waals surface area contributed by atoms with Gasteiger partial charge in [0.1, 0.15) is 0 Å². The van der Waals surface area contributed by atoms with Crippen molar-refractivity contribution in [2.75, 3.05) is 34.7 Å². The summed E-state index contributed by atoms with van der Waals surface area (Å²) in [6, 6.07) is 28.0. The normalized spacial score (nSPS) is 12.3. The second-order valence-corrected chi connectivity index (χ2v) is 23.4. The van der Waals surface area contributed by atoms with E-state index in [4.69, 9.17) is 9.47 Å². The molecule has 0 aliphatic heterocycles. The molecular formula is C72H104N6O8. The van der Waals surface area contributed by atoms with Crippen molar-refractivity contribution in [2.24, 2.45) is 22.0 Å². The number of carbonyl (C=O) groups is 6. The fourth-order valence-corrected chi connectivity index (χ4v) is 10.9. The van der Waals surface area contributed by atoms with Crippen molar-refractivity contribution in [1.29, 1.82) is 0 Å². The molecule has 86 heavy (non-hydrogen) atoms. The van der Waals surface area contributed by atoms with E-state index in [1.807, 2.05) is 38.1 Å². The molecule has 4 rings (SSSR count). The minimum atomic E-state index is -0.649. The molecule has 0 aliphatic carbocycles. The van der Waals surface area contributed by atoms with E-state index in [0.717, 1.165) is 61.5 Å². The number of para-hydroxylation sites is 2. The molecule has 2 atom stereocenters. The summed E-state index contributed by atoms with van der Waals surface area (Å²) in [7, 11) is 0. The van der Waals surface area contributed by atoms with Crippen molar-refractivity contribution in [3.8, 4) is 0 Å². The number of hydrogen-bond acceptors (Lipinski definition) is 12. The number of ether oxygens (including phenoxy) is 2. The fraction of sp³-hybridized carbons (Fsp3) is 0.556. The summed E-state index contributed by atoms with van der Waals surface area (Å²) < 4.78 is 11.4. The zero-order valence-electron chi connectivity index (χ0n) is 53.2. The molecule has 0 radical (unpaired) electrons. The smallest absolute Gasteiger partial charge is 0.340 e. The summed E-state index contributed by atoms with van der Waals surface area (Å²) in [4.78, 5) is 77.2. The van der Waals surface area contributed by atoms with E-state index in [9.17, 15) is 28.8 Å². The summed E-state index contributed by atoms with van der Waals surface area (Å²) in [5, 5.41) is 13.6. The van der Waals surface area contributed by atoms with Crippen LogP contribution in [-0.4, -0.2) is 60.0 Å². The van der Waals surface area contributed by atoms with Gasteiger partial charge >= 0.3 is 11.9 Å². The van der Waals surface area contributed by atoms with Crippen LogP contribution >= 0.6 is 0 Å². The Kier molecular flexibility index (Phi) is 36.3. The number of amides is 2. The van der Waals surface area contributed by atoms with Gasteiger partial charge in [0.25, 0.3) is 11.8 Å². The van der Waals surface area contributed by atoms with E-state index < -0.39 is 35.3 Å². The SMILES string of the molecule is CCCCCCCCCC(CCCCCCCCOC(=O)c1ccccc1N/N=C(/C(C)=O)C(=O)Nc1ccc(C)cc1)C(CCCCCCCCC)CCCCCCCCOC(=O)c1ccccc1N/N=C(/C(C)=O)C(=O)Nc1ccc(C)cc1. The molecule has 4 aromatic rings. The van der Waals surface area contributed by atoms with Crippen LogP contribution in [0.25, 0.3) is 0 Å². The molecule has 0 fully saturated rings. The number of carbonyl (C=O) groups excluding carboxylic acids is 6. The maximum atomic E-state index is 13.2. The van der Waals surface area contributed by atoms with Gasteiger partial charge in [-0.25, -0.2) is 9.59 Å². The van der Waals surface area contributed by atoms with E-state index in [-0.39, 0.29) is 22.6 Å². The maximum absolute atomic E-state index is 13.2. The average molecular weight is 1180 g/mol. The van der Waals surface area contributed by atoms with Crippen molar-refractivity contribution in [1.82, 2.24) is 0 Å². The number of Topliss-reactive ketones (excluding diaryl/α,β-unsaturated/α-hetero) is 2. The molecule has 14 heteroatoms. The number of nitrogens with one attached hydrogen (secondary N) is 4. The zero-order chi connectivity index (χ0) is 62.0. The lowest BCUT2D eigenvalue weighted by Gasteiger charge is -2.28. The molecule has 0 aromatic heterocycles. The number of ketones is 2. The van der Waals surface area contributed by atoms with E-state index in [1.165, 1.54) is 168 Å². The number of hydrogen-bond donors (Lipinski definition) is 4. The number of unbranched alkanes of at least 4 members (excludes halogenated alkanes) is 22. The van der Waals surface area contributed by atoms with Gasteiger partial charge in [0.15, 0.2) is 23.0 Å². The zero-order valence-corrected chi connectivity index (χ0v) is 53.2. The molecule has 0 spiro atoms. The molecule has 0 saturated carbocycles. The number of hydrazone groups is 2. The Bertz CT molecular complexity index is 2500. The van der Waals surface area contributed by atoms with Gasteiger partial charge in [-0.15, -0.1) is 0 Å². The van der Waals surface area contributed by atoms with Crippen LogP contribution in [-0.2, 0) is 28.7 Å². The predicted molar refractivity (Wildman–Crippen MR) is 353 cm³/mol. The van der Waals surface area contributed by atoms with Gasteiger partial charge < -0.3 is 20.1 Å². The monoisotopic (exact) mass is 1180 g/mol. The van der Waals surface area contributed by atoms with Gasteiger partial charge in [0.2, 0.25) is 0 Å². The summed E-state index contributed by atoms with van der Waals surface area (Å²) in [6.07, 6.45) is 36.9. The van der Waals surface area contributed by atoms with E-state index in [0.29, 0.717) is 36.0 Å². The van der Waals surface area contributed by atoms with E-state index in [2.05, 4.69) is 45.5 Å². The van der Waals surface area contributed by atoms with Crippen LogP contribution < -0.4 is 21.5 Å². The Balaban J connectivity index is 1.22. The first-order valence-corrected chi connectivity index (χ1v) is 32.8. The Morgan fingerprint density at radius 1 is 0.384 bits per heavy atom. The summed E-state index contributed by atoms with van der Waals surface area (Å²) in [5.74, 6) is -1.78.